The van der Waals surface area contributed by atoms with Gasteiger partial charge in [0.2, 0.25) is 0 Å². The molecule has 1 nitrogen and oxygen atoms in total. The Balaban J connectivity index is 2.93. The fraction of sp³-hybridized carbons (Fsp3) is 0.500. The van der Waals surface area contributed by atoms with Crippen LogP contribution in [0.15, 0.2) is 18.2 Å². The third-order valence-corrected chi connectivity index (χ3v) is 2.24. The minimum Gasteiger partial charge on any atom is -0.369 e. The molecule has 0 fully saturated rings. The average Bonchev–Trinajstić information content (AvgIpc) is 2.21. The van der Waals surface area contributed by atoms with Crippen molar-refractivity contribution in [3.63, 3.8) is 0 Å². The van der Waals surface area contributed by atoms with E-state index in [0.717, 1.165) is 32.0 Å². The van der Waals surface area contributed by atoms with Gasteiger partial charge in [0.25, 0.3) is 0 Å². The van der Waals surface area contributed by atoms with Crippen molar-refractivity contribution in [3.05, 3.63) is 29.8 Å². The van der Waals surface area contributed by atoms with Crippen molar-refractivity contribution >= 4 is 5.69 Å². The van der Waals surface area contributed by atoms with Gasteiger partial charge < -0.3 is 4.90 Å². The molecule has 0 amide bonds. The molecule has 0 aliphatic heterocycles. The molecule has 0 unspecified atom stereocenters. The van der Waals surface area contributed by atoms with Crippen molar-refractivity contribution in [1.29, 1.82) is 0 Å². The Morgan fingerprint density at radius 3 is 2.20 bits per heavy atom. The molecule has 0 N–H and O–H groups in total. The van der Waals surface area contributed by atoms with Crippen molar-refractivity contribution in [2.24, 2.45) is 0 Å². The maximum atomic E-state index is 13.5. The quantitative estimate of drug-likeness (QED) is 0.722. The third kappa shape index (κ3) is 3.18. The van der Waals surface area contributed by atoms with Gasteiger partial charge in [-0.1, -0.05) is 13.8 Å². The summed E-state index contributed by atoms with van der Waals surface area (Å²) in [6.45, 7) is 5.57. The molecule has 0 heterocycles. The second kappa shape index (κ2) is 5.69. The summed E-state index contributed by atoms with van der Waals surface area (Å²) in [4.78, 5) is 1.89. The lowest BCUT2D eigenvalue weighted by Gasteiger charge is -2.24. The molecule has 0 atom stereocenters. The van der Waals surface area contributed by atoms with Crippen LogP contribution in [-0.4, -0.2) is 13.1 Å². The topological polar surface area (TPSA) is 3.24 Å². The van der Waals surface area contributed by atoms with Crippen molar-refractivity contribution in [3.8, 4) is 0 Å². The smallest absolute Gasteiger partial charge is 0.146 e. The minimum absolute atomic E-state index is 0.349. The van der Waals surface area contributed by atoms with Crippen molar-refractivity contribution in [2.45, 2.75) is 26.7 Å². The largest absolute Gasteiger partial charge is 0.369 e. The number of halogens is 2. The summed E-state index contributed by atoms with van der Waals surface area (Å²) in [6.07, 6.45) is 1.85. The standard InChI is InChI=1S/C12H17F2N/c1-3-7-15(8-4-2)12-9-10(13)5-6-11(12)14/h5-6,9H,3-4,7-8H2,1-2H3. The second-order valence-electron chi connectivity index (χ2n) is 3.58. The number of nitrogens with zero attached hydrogens (tertiary/aromatic N) is 1. The molecule has 1 rings (SSSR count). The van der Waals surface area contributed by atoms with Crippen LogP contribution < -0.4 is 4.90 Å². The fourth-order valence-electron chi connectivity index (χ4n) is 1.62. The number of benzene rings is 1. The Kier molecular flexibility index (Phi) is 4.53. The molecule has 1 aromatic rings. The highest BCUT2D eigenvalue weighted by molar-refractivity contribution is 5.47. The summed E-state index contributed by atoms with van der Waals surface area (Å²) in [5.41, 5.74) is 0.374. The molecule has 15 heavy (non-hydrogen) atoms. The predicted molar refractivity (Wildman–Crippen MR) is 59.2 cm³/mol. The van der Waals surface area contributed by atoms with Crippen molar-refractivity contribution in [2.75, 3.05) is 18.0 Å². The van der Waals surface area contributed by atoms with E-state index in [-0.39, 0.29) is 11.6 Å². The zero-order valence-corrected chi connectivity index (χ0v) is 9.26. The summed E-state index contributed by atoms with van der Waals surface area (Å²) in [5, 5.41) is 0. The molecule has 0 spiro atoms. The lowest BCUT2D eigenvalue weighted by Crippen LogP contribution is -2.25. The number of rotatable bonds is 5. The molecule has 0 bridgehead atoms. The first-order valence-corrected chi connectivity index (χ1v) is 5.39. The van der Waals surface area contributed by atoms with Crippen LogP contribution in [0.5, 0.6) is 0 Å². The molecule has 84 valence electrons. The summed E-state index contributed by atoms with van der Waals surface area (Å²) >= 11 is 0. The number of hydrogen-bond donors (Lipinski definition) is 0. The van der Waals surface area contributed by atoms with Crippen LogP contribution in [0.2, 0.25) is 0 Å². The van der Waals surface area contributed by atoms with Gasteiger partial charge in [0.15, 0.2) is 0 Å². The van der Waals surface area contributed by atoms with Crippen LogP contribution in [0, 0.1) is 11.6 Å². The Morgan fingerprint density at radius 2 is 1.67 bits per heavy atom. The highest BCUT2D eigenvalue weighted by Gasteiger charge is 2.10. The third-order valence-electron chi connectivity index (χ3n) is 2.24. The van der Waals surface area contributed by atoms with Gasteiger partial charge in [0, 0.05) is 19.2 Å². The van der Waals surface area contributed by atoms with E-state index in [4.69, 9.17) is 0 Å². The Hall–Kier alpha value is -1.12. The van der Waals surface area contributed by atoms with Crippen LogP contribution in [0.3, 0.4) is 0 Å². The molecule has 1 aromatic carbocycles. The summed E-state index contributed by atoms with van der Waals surface area (Å²) in [5.74, 6) is -0.734. The fourth-order valence-corrected chi connectivity index (χ4v) is 1.62. The van der Waals surface area contributed by atoms with Gasteiger partial charge in [0.1, 0.15) is 11.6 Å². The normalized spacial score (nSPS) is 10.4. The lowest BCUT2D eigenvalue weighted by atomic mass is 10.2. The van der Waals surface area contributed by atoms with E-state index in [1.807, 2.05) is 18.7 Å². The van der Waals surface area contributed by atoms with Gasteiger partial charge in [-0.3, -0.25) is 0 Å². The molecular weight excluding hydrogens is 196 g/mol. The highest BCUT2D eigenvalue weighted by Crippen LogP contribution is 2.20. The van der Waals surface area contributed by atoms with Gasteiger partial charge in [0.05, 0.1) is 5.69 Å². The Morgan fingerprint density at radius 1 is 1.07 bits per heavy atom. The molecule has 0 saturated heterocycles. The first-order chi connectivity index (χ1) is 7.19. The first-order valence-electron chi connectivity index (χ1n) is 5.39. The summed E-state index contributed by atoms with van der Waals surface area (Å²) < 4.78 is 26.5. The molecule has 0 radical (unpaired) electrons. The maximum Gasteiger partial charge on any atom is 0.146 e. The van der Waals surface area contributed by atoms with E-state index >= 15 is 0 Å². The Bertz CT molecular complexity index is 306. The molecule has 0 aromatic heterocycles. The predicted octanol–water partition coefficient (Wildman–Crippen LogP) is 3.59. The van der Waals surface area contributed by atoms with Crippen LogP contribution in [0.1, 0.15) is 26.7 Å². The molecule has 0 aliphatic carbocycles. The van der Waals surface area contributed by atoms with Crippen molar-refractivity contribution in [1.82, 2.24) is 0 Å². The maximum absolute atomic E-state index is 13.5. The van der Waals surface area contributed by atoms with E-state index in [1.165, 1.54) is 12.1 Å². The van der Waals surface area contributed by atoms with E-state index in [9.17, 15) is 8.78 Å². The monoisotopic (exact) mass is 213 g/mol. The van der Waals surface area contributed by atoms with E-state index < -0.39 is 0 Å². The van der Waals surface area contributed by atoms with Crippen molar-refractivity contribution < 1.29 is 8.78 Å². The van der Waals surface area contributed by atoms with Gasteiger partial charge >= 0.3 is 0 Å². The van der Waals surface area contributed by atoms with Crippen LogP contribution in [0.25, 0.3) is 0 Å². The van der Waals surface area contributed by atoms with Gasteiger partial charge in [-0.2, -0.15) is 0 Å². The van der Waals surface area contributed by atoms with Crippen LogP contribution in [0.4, 0.5) is 14.5 Å². The summed E-state index contributed by atoms with van der Waals surface area (Å²) in [6, 6.07) is 3.60. The zero-order valence-electron chi connectivity index (χ0n) is 9.26. The molecule has 0 saturated carbocycles. The van der Waals surface area contributed by atoms with Crippen LogP contribution in [-0.2, 0) is 0 Å². The van der Waals surface area contributed by atoms with E-state index in [0.29, 0.717) is 5.69 Å². The number of hydrogen-bond acceptors (Lipinski definition) is 1. The number of anilines is 1. The zero-order chi connectivity index (χ0) is 11.3. The lowest BCUT2D eigenvalue weighted by molar-refractivity contribution is 0.590. The van der Waals surface area contributed by atoms with Gasteiger partial charge in [-0.25, -0.2) is 8.78 Å². The molecule has 0 aliphatic rings. The first kappa shape index (κ1) is 12.0. The van der Waals surface area contributed by atoms with Gasteiger partial charge in [-0.05, 0) is 25.0 Å². The van der Waals surface area contributed by atoms with Crippen LogP contribution >= 0.6 is 0 Å². The second-order valence-corrected chi connectivity index (χ2v) is 3.58. The molecule has 3 heteroatoms. The van der Waals surface area contributed by atoms with E-state index in [1.54, 1.807) is 0 Å². The van der Waals surface area contributed by atoms with E-state index in [2.05, 4.69) is 0 Å². The molecular formula is C12H17F2N. The van der Waals surface area contributed by atoms with Gasteiger partial charge in [-0.15, -0.1) is 0 Å². The Labute approximate surface area is 89.7 Å². The summed E-state index contributed by atoms with van der Waals surface area (Å²) in [7, 11) is 0. The minimum atomic E-state index is -0.386. The highest BCUT2D eigenvalue weighted by atomic mass is 19.1. The average molecular weight is 213 g/mol. The SMILES string of the molecule is CCCN(CCC)c1cc(F)ccc1F.